The number of carbonyl (C=O) groups is 1. The van der Waals surface area contributed by atoms with Crippen LogP contribution in [0.5, 0.6) is 0 Å². The molecule has 0 aromatic heterocycles. The Kier molecular flexibility index (Phi) is 4.02. The lowest BCUT2D eigenvalue weighted by atomic mass is 10.1. The van der Waals surface area contributed by atoms with Gasteiger partial charge in [0.15, 0.2) is 5.12 Å². The maximum absolute atomic E-state index is 10.7. The second kappa shape index (κ2) is 5.51. The predicted molar refractivity (Wildman–Crippen MR) is 66.4 cm³/mol. The topological polar surface area (TPSA) is 29.6 Å². The summed E-state index contributed by atoms with van der Waals surface area (Å²) in [5.74, 6) is 0.913. The maximum Gasteiger partial charge on any atom is 0.185 e. The zero-order valence-corrected chi connectivity index (χ0v) is 10.2. The van der Waals surface area contributed by atoms with Crippen molar-refractivity contribution < 1.29 is 9.53 Å². The van der Waals surface area contributed by atoms with Gasteiger partial charge in [0.2, 0.25) is 0 Å². The van der Waals surface area contributed by atoms with E-state index in [0.717, 1.165) is 18.6 Å². The smallest absolute Gasteiger partial charge is 0.185 e. The molecule has 1 saturated heterocycles. The third-order valence-corrected chi connectivity index (χ3v) is 3.55. The molecule has 0 spiro atoms. The minimum atomic E-state index is 0.205. The summed E-state index contributed by atoms with van der Waals surface area (Å²) >= 11 is 1.40. The van der Waals surface area contributed by atoms with Crippen molar-refractivity contribution in [3.8, 4) is 0 Å². The molecule has 0 aliphatic carbocycles. The van der Waals surface area contributed by atoms with E-state index in [0.29, 0.717) is 12.2 Å². The number of thioether (sulfide) groups is 1. The average molecular weight is 236 g/mol. The first-order valence-corrected chi connectivity index (χ1v) is 6.59. The van der Waals surface area contributed by atoms with Crippen LogP contribution in [0.15, 0.2) is 30.3 Å². The van der Waals surface area contributed by atoms with Crippen LogP contribution in [0.3, 0.4) is 0 Å². The van der Waals surface area contributed by atoms with Crippen LogP contribution in [0.4, 0.5) is 0 Å². The van der Waals surface area contributed by atoms with Gasteiger partial charge in [-0.2, -0.15) is 0 Å². The average Bonchev–Trinajstić information content (AvgIpc) is 3.05. The quantitative estimate of drug-likeness (QED) is 0.581. The van der Waals surface area contributed by atoms with E-state index in [-0.39, 0.29) is 5.12 Å². The minimum absolute atomic E-state index is 0.205. The molecule has 0 N–H and O–H groups in total. The summed E-state index contributed by atoms with van der Waals surface area (Å²) in [5, 5.41) is 0.205. The van der Waals surface area contributed by atoms with Crippen molar-refractivity contribution in [2.45, 2.75) is 32.0 Å². The van der Waals surface area contributed by atoms with Crippen LogP contribution < -0.4 is 0 Å². The fourth-order valence-electron chi connectivity index (χ4n) is 1.80. The molecule has 1 aliphatic heterocycles. The fourth-order valence-corrected chi connectivity index (χ4v) is 2.40. The van der Waals surface area contributed by atoms with Gasteiger partial charge in [-0.3, -0.25) is 4.79 Å². The Hall–Kier alpha value is -0.800. The van der Waals surface area contributed by atoms with Crippen molar-refractivity contribution in [3.63, 3.8) is 0 Å². The highest BCUT2D eigenvalue weighted by Crippen LogP contribution is 2.41. The first-order valence-electron chi connectivity index (χ1n) is 5.61. The van der Waals surface area contributed by atoms with E-state index in [2.05, 4.69) is 12.1 Å². The molecule has 1 heterocycles. The summed E-state index contributed by atoms with van der Waals surface area (Å²) in [6.07, 6.45) is 2.77. The molecule has 2 nitrogen and oxygen atoms in total. The first kappa shape index (κ1) is 11.7. The molecule has 0 amide bonds. The highest BCUT2D eigenvalue weighted by molar-refractivity contribution is 8.13. The van der Waals surface area contributed by atoms with Crippen molar-refractivity contribution in [1.82, 2.24) is 0 Å². The van der Waals surface area contributed by atoms with Gasteiger partial charge in [0.05, 0.1) is 6.10 Å². The van der Waals surface area contributed by atoms with Crippen LogP contribution in [0.25, 0.3) is 0 Å². The maximum atomic E-state index is 10.7. The molecule has 3 heteroatoms. The lowest BCUT2D eigenvalue weighted by Gasteiger charge is -1.96. The van der Waals surface area contributed by atoms with Crippen LogP contribution in [-0.2, 0) is 9.53 Å². The second-order valence-corrected chi connectivity index (χ2v) is 5.26. The standard InChI is InChI=1S/C13H16O2S/c1-10(14)16-9-5-8-12-13(15-12)11-6-3-2-4-7-11/h2-4,6-7,12-13H,5,8-9H2,1H3/t12-,13-/m1/s1. The molecule has 1 aromatic rings. The van der Waals surface area contributed by atoms with E-state index in [1.165, 1.54) is 17.3 Å². The van der Waals surface area contributed by atoms with Crippen LogP contribution in [0.1, 0.15) is 31.4 Å². The SMILES string of the molecule is CC(=O)SCCC[C@H]1O[C@@H]1c1ccccc1. The molecule has 2 atom stereocenters. The van der Waals surface area contributed by atoms with Crippen molar-refractivity contribution in [2.75, 3.05) is 5.75 Å². The summed E-state index contributed by atoms with van der Waals surface area (Å²) in [7, 11) is 0. The molecule has 1 aliphatic rings. The Morgan fingerprint density at radius 1 is 1.38 bits per heavy atom. The fraction of sp³-hybridized carbons (Fsp3) is 0.462. The molecule has 0 bridgehead atoms. The van der Waals surface area contributed by atoms with Crippen molar-refractivity contribution in [2.24, 2.45) is 0 Å². The zero-order valence-electron chi connectivity index (χ0n) is 9.39. The van der Waals surface area contributed by atoms with E-state index in [1.54, 1.807) is 6.92 Å². The molecule has 0 saturated carbocycles. The highest BCUT2D eigenvalue weighted by Gasteiger charge is 2.38. The van der Waals surface area contributed by atoms with Crippen LogP contribution in [0, 0.1) is 0 Å². The Morgan fingerprint density at radius 2 is 2.12 bits per heavy atom. The number of benzene rings is 1. The van der Waals surface area contributed by atoms with Gasteiger partial charge < -0.3 is 4.74 Å². The van der Waals surface area contributed by atoms with Gasteiger partial charge in [0.25, 0.3) is 0 Å². The highest BCUT2D eigenvalue weighted by atomic mass is 32.2. The molecule has 1 aromatic carbocycles. The zero-order chi connectivity index (χ0) is 11.4. The van der Waals surface area contributed by atoms with E-state index < -0.39 is 0 Å². The van der Waals surface area contributed by atoms with Gasteiger partial charge in [-0.1, -0.05) is 42.1 Å². The molecule has 1 fully saturated rings. The van der Waals surface area contributed by atoms with Crippen LogP contribution in [-0.4, -0.2) is 17.0 Å². The number of hydrogen-bond donors (Lipinski definition) is 0. The molecule has 0 radical (unpaired) electrons. The summed E-state index contributed by atoms with van der Waals surface area (Å²) in [6.45, 7) is 1.62. The monoisotopic (exact) mass is 236 g/mol. The Bertz CT molecular complexity index is 350. The lowest BCUT2D eigenvalue weighted by molar-refractivity contribution is -0.109. The molecular weight excluding hydrogens is 220 g/mol. The molecule has 16 heavy (non-hydrogen) atoms. The van der Waals surface area contributed by atoms with E-state index in [9.17, 15) is 4.79 Å². The van der Waals surface area contributed by atoms with Crippen molar-refractivity contribution >= 4 is 16.9 Å². The minimum Gasteiger partial charge on any atom is -0.365 e. The second-order valence-electron chi connectivity index (χ2n) is 3.99. The van der Waals surface area contributed by atoms with Crippen LogP contribution in [0.2, 0.25) is 0 Å². The Morgan fingerprint density at radius 3 is 2.81 bits per heavy atom. The predicted octanol–water partition coefficient (Wildman–Crippen LogP) is 3.19. The molecule has 0 unspecified atom stereocenters. The largest absolute Gasteiger partial charge is 0.365 e. The third-order valence-electron chi connectivity index (χ3n) is 2.65. The number of epoxide rings is 1. The Balaban J connectivity index is 1.66. The third kappa shape index (κ3) is 3.35. The summed E-state index contributed by atoms with van der Waals surface area (Å²) in [5.41, 5.74) is 1.27. The number of carbonyl (C=O) groups excluding carboxylic acids is 1. The van der Waals surface area contributed by atoms with E-state index in [1.807, 2.05) is 18.2 Å². The van der Waals surface area contributed by atoms with E-state index in [4.69, 9.17) is 4.74 Å². The first-order chi connectivity index (χ1) is 7.77. The van der Waals surface area contributed by atoms with Gasteiger partial charge >= 0.3 is 0 Å². The van der Waals surface area contributed by atoms with Crippen molar-refractivity contribution in [3.05, 3.63) is 35.9 Å². The van der Waals surface area contributed by atoms with Gasteiger partial charge in [-0.15, -0.1) is 0 Å². The summed E-state index contributed by atoms with van der Waals surface area (Å²) < 4.78 is 5.62. The van der Waals surface area contributed by atoms with Crippen molar-refractivity contribution in [1.29, 1.82) is 0 Å². The summed E-state index contributed by atoms with van der Waals surface area (Å²) in [6, 6.07) is 10.3. The van der Waals surface area contributed by atoms with Gasteiger partial charge in [-0.25, -0.2) is 0 Å². The van der Waals surface area contributed by atoms with E-state index >= 15 is 0 Å². The van der Waals surface area contributed by atoms with Gasteiger partial charge in [0.1, 0.15) is 6.10 Å². The lowest BCUT2D eigenvalue weighted by Crippen LogP contribution is -1.92. The molecule has 86 valence electrons. The normalized spacial score (nSPS) is 23.1. The molecular formula is C13H16O2S. The Labute approximate surface area is 100 Å². The summed E-state index contributed by atoms with van der Waals surface area (Å²) in [4.78, 5) is 10.7. The molecule has 2 rings (SSSR count). The number of rotatable bonds is 5. The number of ether oxygens (including phenoxy) is 1. The van der Waals surface area contributed by atoms with Gasteiger partial charge in [-0.05, 0) is 18.4 Å². The van der Waals surface area contributed by atoms with Gasteiger partial charge in [0, 0.05) is 12.7 Å². The number of hydrogen-bond acceptors (Lipinski definition) is 3. The van der Waals surface area contributed by atoms with Crippen LogP contribution >= 0.6 is 11.8 Å².